The number of likely N-dealkylation sites (tertiary alicyclic amines) is 1. The molecule has 1 atom stereocenters. The summed E-state index contributed by atoms with van der Waals surface area (Å²) in [7, 11) is 0. The van der Waals surface area contributed by atoms with Crippen LogP contribution in [0.2, 0.25) is 0 Å². The molecular weight excluding hydrogens is 244 g/mol. The number of nitrogens with zero attached hydrogens (tertiary/aromatic N) is 1. The van der Waals surface area contributed by atoms with Gasteiger partial charge in [-0.3, -0.25) is 0 Å². The molecule has 2 heteroatoms. The highest BCUT2D eigenvalue weighted by atomic mass is 15.1. The molecule has 0 unspecified atom stereocenters. The van der Waals surface area contributed by atoms with Crippen LogP contribution < -0.4 is 5.32 Å². The van der Waals surface area contributed by atoms with Crippen LogP contribution >= 0.6 is 0 Å². The van der Waals surface area contributed by atoms with Gasteiger partial charge in [0.1, 0.15) is 0 Å². The van der Waals surface area contributed by atoms with Crippen LogP contribution in [0.15, 0.2) is 18.2 Å². The maximum absolute atomic E-state index is 3.69. The lowest BCUT2D eigenvalue weighted by Crippen LogP contribution is -2.26. The average molecular weight is 272 g/mol. The lowest BCUT2D eigenvalue weighted by Gasteiger charge is -2.18. The molecule has 0 bridgehead atoms. The van der Waals surface area contributed by atoms with Gasteiger partial charge in [-0.1, -0.05) is 18.2 Å². The van der Waals surface area contributed by atoms with E-state index in [1.54, 1.807) is 11.1 Å². The highest BCUT2D eigenvalue weighted by Crippen LogP contribution is 2.25. The lowest BCUT2D eigenvalue weighted by molar-refractivity contribution is 0.328. The van der Waals surface area contributed by atoms with Crippen LogP contribution in [0.5, 0.6) is 0 Å². The zero-order chi connectivity index (χ0) is 13.8. The Labute approximate surface area is 123 Å². The van der Waals surface area contributed by atoms with Gasteiger partial charge in [-0.05, 0) is 88.3 Å². The minimum absolute atomic E-state index is 0.486. The fraction of sp³-hybridized carbons (Fsp3) is 0.667. The van der Waals surface area contributed by atoms with Crippen molar-refractivity contribution in [3.8, 4) is 0 Å². The summed E-state index contributed by atoms with van der Waals surface area (Å²) in [4.78, 5) is 2.60. The van der Waals surface area contributed by atoms with E-state index in [0.717, 1.165) is 6.54 Å². The van der Waals surface area contributed by atoms with Crippen molar-refractivity contribution in [1.29, 1.82) is 0 Å². The third kappa shape index (κ3) is 3.42. The van der Waals surface area contributed by atoms with Gasteiger partial charge in [-0.2, -0.15) is 0 Å². The molecule has 2 aliphatic rings. The van der Waals surface area contributed by atoms with Crippen LogP contribution in [0.1, 0.15) is 55.3 Å². The van der Waals surface area contributed by atoms with E-state index in [-0.39, 0.29) is 0 Å². The van der Waals surface area contributed by atoms with E-state index in [4.69, 9.17) is 0 Å². The Balaban J connectivity index is 1.43. The number of hydrogen-bond donors (Lipinski definition) is 1. The molecule has 2 nitrogen and oxygen atoms in total. The zero-order valence-corrected chi connectivity index (χ0v) is 12.8. The summed E-state index contributed by atoms with van der Waals surface area (Å²) in [6.45, 7) is 7.34. The summed E-state index contributed by atoms with van der Waals surface area (Å²) in [6, 6.07) is 7.59. The SMILES string of the molecule is C[C@H](NCCCN1CCCC1)c1ccc2c(c1)CCC2. The first-order valence-electron chi connectivity index (χ1n) is 8.40. The summed E-state index contributed by atoms with van der Waals surface area (Å²) in [5, 5.41) is 3.69. The molecule has 1 fully saturated rings. The molecule has 0 aromatic heterocycles. The molecule has 1 aromatic rings. The summed E-state index contributed by atoms with van der Waals surface area (Å²) in [5.74, 6) is 0. The van der Waals surface area contributed by atoms with Crippen molar-refractivity contribution in [1.82, 2.24) is 10.2 Å². The predicted molar refractivity (Wildman–Crippen MR) is 85.2 cm³/mol. The summed E-state index contributed by atoms with van der Waals surface area (Å²) in [5.41, 5.74) is 4.63. The average Bonchev–Trinajstić information content (AvgIpc) is 3.13. The first-order valence-corrected chi connectivity index (χ1v) is 8.40. The van der Waals surface area contributed by atoms with Gasteiger partial charge in [0.15, 0.2) is 0 Å². The van der Waals surface area contributed by atoms with Crippen molar-refractivity contribution in [3.05, 3.63) is 34.9 Å². The zero-order valence-electron chi connectivity index (χ0n) is 12.8. The molecule has 1 N–H and O–H groups in total. The standard InChI is InChI=1S/C18H28N2/c1-15(19-10-5-13-20-11-2-3-12-20)17-9-8-16-6-4-7-18(16)14-17/h8-9,14-15,19H,2-7,10-13H2,1H3/t15-/m0/s1. The Hall–Kier alpha value is -0.860. The van der Waals surface area contributed by atoms with Crippen molar-refractivity contribution >= 4 is 0 Å². The topological polar surface area (TPSA) is 15.3 Å². The van der Waals surface area contributed by atoms with E-state index < -0.39 is 0 Å². The van der Waals surface area contributed by atoms with Crippen LogP contribution in [-0.4, -0.2) is 31.1 Å². The summed E-state index contributed by atoms with van der Waals surface area (Å²) < 4.78 is 0. The minimum Gasteiger partial charge on any atom is -0.310 e. The second-order valence-electron chi connectivity index (χ2n) is 6.46. The molecule has 0 radical (unpaired) electrons. The molecular formula is C18H28N2. The molecule has 0 saturated carbocycles. The molecule has 1 aliphatic carbocycles. The van der Waals surface area contributed by atoms with Crippen molar-refractivity contribution < 1.29 is 0 Å². The quantitative estimate of drug-likeness (QED) is 0.799. The molecule has 1 aliphatic heterocycles. The number of aryl methyl sites for hydroxylation is 2. The van der Waals surface area contributed by atoms with Crippen molar-refractivity contribution in [2.75, 3.05) is 26.2 Å². The van der Waals surface area contributed by atoms with Crippen LogP contribution in [-0.2, 0) is 12.8 Å². The van der Waals surface area contributed by atoms with Crippen LogP contribution in [0, 0.1) is 0 Å². The highest BCUT2D eigenvalue weighted by molar-refractivity contribution is 5.36. The van der Waals surface area contributed by atoms with Crippen molar-refractivity contribution in [3.63, 3.8) is 0 Å². The Kier molecular flexibility index (Phi) is 4.74. The smallest absolute Gasteiger partial charge is 0.0291 e. The van der Waals surface area contributed by atoms with Gasteiger partial charge >= 0.3 is 0 Å². The number of rotatable bonds is 6. The monoisotopic (exact) mass is 272 g/mol. The third-order valence-corrected chi connectivity index (χ3v) is 4.92. The molecule has 3 rings (SSSR count). The fourth-order valence-corrected chi connectivity index (χ4v) is 3.61. The van der Waals surface area contributed by atoms with E-state index in [1.807, 2.05) is 0 Å². The largest absolute Gasteiger partial charge is 0.310 e. The Bertz CT molecular complexity index is 435. The van der Waals surface area contributed by atoms with E-state index in [1.165, 1.54) is 63.7 Å². The van der Waals surface area contributed by atoms with Gasteiger partial charge in [0.05, 0.1) is 0 Å². The van der Waals surface area contributed by atoms with E-state index >= 15 is 0 Å². The van der Waals surface area contributed by atoms with Gasteiger partial charge in [0, 0.05) is 6.04 Å². The Morgan fingerprint density at radius 1 is 1.10 bits per heavy atom. The molecule has 1 heterocycles. The van der Waals surface area contributed by atoms with Crippen LogP contribution in [0.25, 0.3) is 0 Å². The second-order valence-corrected chi connectivity index (χ2v) is 6.46. The maximum Gasteiger partial charge on any atom is 0.0291 e. The number of benzene rings is 1. The molecule has 110 valence electrons. The normalized spacial score (nSPS) is 20.2. The van der Waals surface area contributed by atoms with Gasteiger partial charge in [-0.25, -0.2) is 0 Å². The van der Waals surface area contributed by atoms with Gasteiger partial charge in [0.25, 0.3) is 0 Å². The molecule has 1 saturated heterocycles. The molecule has 0 spiro atoms. The molecule has 1 aromatic carbocycles. The van der Waals surface area contributed by atoms with Gasteiger partial charge in [0.2, 0.25) is 0 Å². The minimum atomic E-state index is 0.486. The number of nitrogens with one attached hydrogen (secondary N) is 1. The van der Waals surface area contributed by atoms with Crippen molar-refractivity contribution in [2.45, 2.75) is 51.5 Å². The number of fused-ring (bicyclic) bond motifs is 1. The van der Waals surface area contributed by atoms with Crippen LogP contribution in [0.4, 0.5) is 0 Å². The van der Waals surface area contributed by atoms with Crippen molar-refractivity contribution in [2.24, 2.45) is 0 Å². The first kappa shape index (κ1) is 14.1. The Morgan fingerprint density at radius 3 is 2.75 bits per heavy atom. The molecule has 0 amide bonds. The lowest BCUT2D eigenvalue weighted by atomic mass is 10.0. The fourth-order valence-electron chi connectivity index (χ4n) is 3.61. The summed E-state index contributed by atoms with van der Waals surface area (Å²) >= 11 is 0. The highest BCUT2D eigenvalue weighted by Gasteiger charge is 2.14. The van der Waals surface area contributed by atoms with Crippen LogP contribution in [0.3, 0.4) is 0 Å². The number of hydrogen-bond acceptors (Lipinski definition) is 2. The van der Waals surface area contributed by atoms with Gasteiger partial charge in [-0.15, -0.1) is 0 Å². The Morgan fingerprint density at radius 2 is 1.90 bits per heavy atom. The van der Waals surface area contributed by atoms with E-state index in [2.05, 4.69) is 35.3 Å². The van der Waals surface area contributed by atoms with Gasteiger partial charge < -0.3 is 10.2 Å². The first-order chi connectivity index (χ1) is 9.83. The molecule has 20 heavy (non-hydrogen) atoms. The van der Waals surface area contributed by atoms with E-state index in [0.29, 0.717) is 6.04 Å². The third-order valence-electron chi connectivity index (χ3n) is 4.92. The second kappa shape index (κ2) is 6.73. The predicted octanol–water partition coefficient (Wildman–Crippen LogP) is 3.31. The summed E-state index contributed by atoms with van der Waals surface area (Å²) in [6.07, 6.45) is 7.99. The maximum atomic E-state index is 3.69. The van der Waals surface area contributed by atoms with E-state index in [9.17, 15) is 0 Å².